The molecule has 0 radical (unpaired) electrons. The molecule has 1 amide bonds. The Morgan fingerprint density at radius 3 is 2.83 bits per heavy atom. The monoisotopic (exact) mass is 255 g/mol. The van der Waals surface area contributed by atoms with Crippen LogP contribution in [0.15, 0.2) is 5.16 Å². The first-order chi connectivity index (χ1) is 8.49. The molecule has 1 aliphatic heterocycles. The summed E-state index contributed by atoms with van der Waals surface area (Å²) in [5.74, 6) is 0.483. The highest BCUT2D eigenvalue weighted by Crippen LogP contribution is 2.08. The van der Waals surface area contributed by atoms with Crippen molar-refractivity contribution in [2.24, 2.45) is 11.1 Å². The second-order valence-electron chi connectivity index (χ2n) is 5.21. The first kappa shape index (κ1) is 15.0. The Morgan fingerprint density at radius 2 is 2.22 bits per heavy atom. The summed E-state index contributed by atoms with van der Waals surface area (Å²) in [7, 11) is 0. The van der Waals surface area contributed by atoms with Crippen molar-refractivity contribution in [3.63, 3.8) is 0 Å². The highest BCUT2D eigenvalue weighted by Gasteiger charge is 2.22. The van der Waals surface area contributed by atoms with Crippen molar-refractivity contribution < 1.29 is 9.63 Å². The van der Waals surface area contributed by atoms with Crippen LogP contribution in [0.4, 0.5) is 0 Å². The number of carbonyl (C=O) groups is 1. The van der Waals surface area contributed by atoms with Gasteiger partial charge in [0.1, 0.15) is 6.61 Å². The summed E-state index contributed by atoms with van der Waals surface area (Å²) < 4.78 is 0. The van der Waals surface area contributed by atoms with Gasteiger partial charge in [0.25, 0.3) is 0 Å². The summed E-state index contributed by atoms with van der Waals surface area (Å²) in [5.41, 5.74) is 1.02. The van der Waals surface area contributed by atoms with E-state index in [-0.39, 0.29) is 5.91 Å². The fourth-order valence-electron chi connectivity index (χ4n) is 1.86. The van der Waals surface area contributed by atoms with E-state index in [1.165, 1.54) is 0 Å². The van der Waals surface area contributed by atoms with E-state index < -0.39 is 0 Å². The lowest BCUT2D eigenvalue weighted by molar-refractivity contribution is -0.119. The normalized spacial score (nSPS) is 21.4. The van der Waals surface area contributed by atoms with Gasteiger partial charge in [-0.05, 0) is 19.3 Å². The second kappa shape index (κ2) is 7.36. The molecule has 5 heteroatoms. The van der Waals surface area contributed by atoms with Gasteiger partial charge in [-0.25, -0.2) is 0 Å². The zero-order valence-electron chi connectivity index (χ0n) is 11.9. The largest absolute Gasteiger partial charge is 0.394 e. The first-order valence-corrected chi connectivity index (χ1v) is 6.65. The SMILES string of the molecule is CC(=O)N[C@@H]1CCN(CCO/N=C(\C)C(C)C)C1. The van der Waals surface area contributed by atoms with E-state index in [9.17, 15) is 4.79 Å². The molecule has 0 aromatic heterocycles. The highest BCUT2D eigenvalue weighted by molar-refractivity contribution is 5.83. The van der Waals surface area contributed by atoms with Crippen LogP contribution in [0.1, 0.15) is 34.1 Å². The Bertz CT molecular complexity index is 303. The van der Waals surface area contributed by atoms with Crippen molar-refractivity contribution in [1.82, 2.24) is 10.2 Å². The van der Waals surface area contributed by atoms with Crippen LogP contribution in [0.5, 0.6) is 0 Å². The molecule has 0 spiro atoms. The molecule has 0 unspecified atom stereocenters. The predicted molar refractivity (Wildman–Crippen MR) is 72.6 cm³/mol. The maximum atomic E-state index is 10.9. The van der Waals surface area contributed by atoms with Gasteiger partial charge in [0.2, 0.25) is 5.91 Å². The van der Waals surface area contributed by atoms with Crippen LogP contribution < -0.4 is 5.32 Å². The van der Waals surface area contributed by atoms with Gasteiger partial charge in [0.05, 0.1) is 5.71 Å². The first-order valence-electron chi connectivity index (χ1n) is 6.65. The molecule has 1 rings (SSSR count). The van der Waals surface area contributed by atoms with Gasteiger partial charge in [0.15, 0.2) is 0 Å². The third-order valence-electron chi connectivity index (χ3n) is 3.22. The van der Waals surface area contributed by atoms with Crippen LogP contribution in [-0.4, -0.2) is 48.8 Å². The standard InChI is InChI=1S/C13H25N3O2/c1-10(2)11(3)15-18-8-7-16-6-5-13(9-16)14-12(4)17/h10,13H,5-9H2,1-4H3,(H,14,17)/b15-11+/t13-/m1/s1. The Labute approximate surface area is 110 Å². The smallest absolute Gasteiger partial charge is 0.217 e. The third-order valence-corrected chi connectivity index (χ3v) is 3.22. The van der Waals surface area contributed by atoms with E-state index in [2.05, 4.69) is 29.2 Å². The lowest BCUT2D eigenvalue weighted by Gasteiger charge is -2.15. The van der Waals surface area contributed by atoms with Crippen LogP contribution in [0.25, 0.3) is 0 Å². The minimum absolute atomic E-state index is 0.0512. The number of hydrogen-bond acceptors (Lipinski definition) is 4. The highest BCUT2D eigenvalue weighted by atomic mass is 16.6. The maximum absolute atomic E-state index is 10.9. The summed E-state index contributed by atoms with van der Waals surface area (Å²) in [4.78, 5) is 18.5. The minimum atomic E-state index is 0.0512. The van der Waals surface area contributed by atoms with Crippen LogP contribution in [0.3, 0.4) is 0 Å². The number of oxime groups is 1. The van der Waals surface area contributed by atoms with Crippen LogP contribution in [-0.2, 0) is 9.63 Å². The van der Waals surface area contributed by atoms with E-state index in [1.54, 1.807) is 6.92 Å². The van der Waals surface area contributed by atoms with Crippen molar-refractivity contribution in [1.29, 1.82) is 0 Å². The average Bonchev–Trinajstić information content (AvgIpc) is 2.70. The molecule has 1 saturated heterocycles. The summed E-state index contributed by atoms with van der Waals surface area (Å²) >= 11 is 0. The molecular formula is C13H25N3O2. The molecule has 1 fully saturated rings. The zero-order chi connectivity index (χ0) is 13.5. The van der Waals surface area contributed by atoms with E-state index in [0.717, 1.165) is 31.8 Å². The number of likely N-dealkylation sites (tertiary alicyclic amines) is 1. The van der Waals surface area contributed by atoms with Crippen LogP contribution in [0, 0.1) is 5.92 Å². The Balaban J connectivity index is 2.14. The van der Waals surface area contributed by atoms with E-state index in [1.807, 2.05) is 6.92 Å². The second-order valence-corrected chi connectivity index (χ2v) is 5.21. The van der Waals surface area contributed by atoms with E-state index >= 15 is 0 Å². The summed E-state index contributed by atoms with van der Waals surface area (Å²) in [6.07, 6.45) is 1.02. The van der Waals surface area contributed by atoms with E-state index in [4.69, 9.17) is 4.84 Å². The topological polar surface area (TPSA) is 53.9 Å². The van der Waals surface area contributed by atoms with Crippen molar-refractivity contribution in [2.75, 3.05) is 26.2 Å². The van der Waals surface area contributed by atoms with Gasteiger partial charge in [-0.2, -0.15) is 0 Å². The van der Waals surface area contributed by atoms with Crippen molar-refractivity contribution in [2.45, 2.75) is 40.2 Å². The number of carbonyl (C=O) groups excluding carboxylic acids is 1. The van der Waals surface area contributed by atoms with Crippen molar-refractivity contribution in [3.05, 3.63) is 0 Å². The number of rotatable bonds is 6. The Hall–Kier alpha value is -1.10. The zero-order valence-corrected chi connectivity index (χ0v) is 11.9. The summed E-state index contributed by atoms with van der Waals surface area (Å²) in [5, 5.41) is 7.02. The molecule has 1 heterocycles. The molecule has 0 aromatic carbocycles. The number of amides is 1. The molecule has 18 heavy (non-hydrogen) atoms. The van der Waals surface area contributed by atoms with Gasteiger partial charge < -0.3 is 10.2 Å². The Morgan fingerprint density at radius 1 is 1.50 bits per heavy atom. The van der Waals surface area contributed by atoms with Crippen molar-refractivity contribution in [3.8, 4) is 0 Å². The quantitative estimate of drug-likeness (QED) is 0.441. The van der Waals surface area contributed by atoms with Gasteiger partial charge in [-0.15, -0.1) is 0 Å². The molecule has 0 aliphatic carbocycles. The van der Waals surface area contributed by atoms with Crippen molar-refractivity contribution >= 4 is 11.6 Å². The lowest BCUT2D eigenvalue weighted by atomic mass is 10.1. The molecule has 0 saturated carbocycles. The maximum Gasteiger partial charge on any atom is 0.217 e. The molecule has 0 aromatic rings. The lowest BCUT2D eigenvalue weighted by Crippen LogP contribution is -2.36. The summed E-state index contributed by atoms with van der Waals surface area (Å²) in [6, 6.07) is 0.295. The fraction of sp³-hybridized carbons (Fsp3) is 0.846. The molecular weight excluding hydrogens is 230 g/mol. The van der Waals surface area contributed by atoms with E-state index in [0.29, 0.717) is 18.6 Å². The minimum Gasteiger partial charge on any atom is -0.394 e. The van der Waals surface area contributed by atoms with Gasteiger partial charge in [-0.3, -0.25) is 9.69 Å². The molecule has 1 N–H and O–H groups in total. The average molecular weight is 255 g/mol. The van der Waals surface area contributed by atoms with Gasteiger partial charge >= 0.3 is 0 Å². The molecule has 0 bridgehead atoms. The molecule has 1 aliphatic rings. The Kier molecular flexibility index (Phi) is 6.12. The predicted octanol–water partition coefficient (Wildman–Crippen LogP) is 1.25. The molecule has 104 valence electrons. The van der Waals surface area contributed by atoms with Crippen LogP contribution in [0.2, 0.25) is 0 Å². The summed E-state index contributed by atoms with van der Waals surface area (Å²) in [6.45, 7) is 11.1. The van der Waals surface area contributed by atoms with Gasteiger partial charge in [-0.1, -0.05) is 19.0 Å². The number of nitrogens with zero attached hydrogens (tertiary/aromatic N) is 2. The fourth-order valence-corrected chi connectivity index (χ4v) is 1.86. The van der Waals surface area contributed by atoms with Crippen LogP contribution >= 0.6 is 0 Å². The number of nitrogens with one attached hydrogen (secondary N) is 1. The molecule has 5 nitrogen and oxygen atoms in total. The van der Waals surface area contributed by atoms with Gasteiger partial charge in [0, 0.05) is 32.6 Å². The molecule has 1 atom stereocenters. The third kappa shape index (κ3) is 5.49. The number of hydrogen-bond donors (Lipinski definition) is 1.